The third-order valence-corrected chi connectivity index (χ3v) is 10.9. The highest BCUT2D eigenvalue weighted by atomic mass is 16.3. The smallest absolute Gasteiger partial charge is 0.164 e. The summed E-state index contributed by atoms with van der Waals surface area (Å²) >= 11 is 0. The summed E-state index contributed by atoms with van der Waals surface area (Å²) in [6, 6.07) is 50.4. The number of pyridine rings is 1. The monoisotopic (exact) mass is 681 g/mol. The fraction of sp³-hybridized carbons (Fsp3) is 0.0638. The molecule has 0 atom stereocenters. The molecule has 6 nitrogen and oxygen atoms in total. The van der Waals surface area contributed by atoms with Crippen LogP contribution in [-0.4, -0.2) is 24.5 Å². The molecule has 1 aliphatic rings. The number of para-hydroxylation sites is 2. The first kappa shape index (κ1) is 29.8. The molecular weight excluding hydrogens is 651 g/mol. The Morgan fingerprint density at radius 2 is 1.23 bits per heavy atom. The lowest BCUT2D eigenvalue weighted by Gasteiger charge is -2.24. The summed E-state index contributed by atoms with van der Waals surface area (Å²) in [6.45, 7) is 4.58. The van der Waals surface area contributed by atoms with Crippen molar-refractivity contribution in [2.75, 3.05) is 0 Å². The molecule has 250 valence electrons. The fourth-order valence-electron chi connectivity index (χ4n) is 8.51. The van der Waals surface area contributed by atoms with Crippen LogP contribution in [0, 0.1) is 0 Å². The molecule has 6 heteroatoms. The lowest BCUT2D eigenvalue weighted by Crippen LogP contribution is -2.17. The van der Waals surface area contributed by atoms with E-state index >= 15 is 0 Å². The maximum absolute atomic E-state index is 6.80. The Kier molecular flexibility index (Phi) is 6.20. The summed E-state index contributed by atoms with van der Waals surface area (Å²) in [7, 11) is 0. The van der Waals surface area contributed by atoms with E-state index in [9.17, 15) is 0 Å². The maximum Gasteiger partial charge on any atom is 0.164 e. The van der Waals surface area contributed by atoms with Crippen LogP contribution in [-0.2, 0) is 5.41 Å². The summed E-state index contributed by atoms with van der Waals surface area (Å²) in [5.41, 5.74) is 12.1. The van der Waals surface area contributed by atoms with Crippen molar-refractivity contribution in [3.63, 3.8) is 0 Å². The summed E-state index contributed by atoms with van der Waals surface area (Å²) in [4.78, 5) is 20.3. The van der Waals surface area contributed by atoms with E-state index in [0.717, 1.165) is 66.3 Å². The second-order valence-corrected chi connectivity index (χ2v) is 14.3. The number of aromatic nitrogens is 5. The number of fused-ring (bicyclic) bond motifs is 9. The van der Waals surface area contributed by atoms with Gasteiger partial charge in [0.25, 0.3) is 0 Å². The molecule has 10 aromatic rings. The van der Waals surface area contributed by atoms with Crippen molar-refractivity contribution in [1.29, 1.82) is 0 Å². The van der Waals surface area contributed by atoms with Crippen LogP contribution in [0.2, 0.25) is 0 Å². The van der Waals surface area contributed by atoms with E-state index in [1.807, 2.05) is 42.6 Å². The summed E-state index contributed by atoms with van der Waals surface area (Å²) in [5, 5.41) is 4.32. The normalized spacial score (nSPS) is 13.2. The molecule has 0 unspecified atom stereocenters. The van der Waals surface area contributed by atoms with E-state index in [-0.39, 0.29) is 5.41 Å². The molecule has 4 heterocycles. The Morgan fingerprint density at radius 3 is 2.13 bits per heavy atom. The first-order valence-electron chi connectivity index (χ1n) is 17.9. The number of hydrogen-bond donors (Lipinski definition) is 0. The predicted octanol–water partition coefficient (Wildman–Crippen LogP) is 11.6. The molecule has 0 amide bonds. The molecule has 0 fully saturated rings. The van der Waals surface area contributed by atoms with Gasteiger partial charge in [-0.3, -0.25) is 4.57 Å². The quantitative estimate of drug-likeness (QED) is 0.185. The zero-order valence-electron chi connectivity index (χ0n) is 29.1. The van der Waals surface area contributed by atoms with Gasteiger partial charge < -0.3 is 4.42 Å². The zero-order valence-corrected chi connectivity index (χ0v) is 29.1. The highest BCUT2D eigenvalue weighted by Crippen LogP contribution is 2.51. The number of benzene rings is 6. The zero-order chi connectivity index (χ0) is 35.3. The van der Waals surface area contributed by atoms with Gasteiger partial charge in [0, 0.05) is 49.8 Å². The fourth-order valence-corrected chi connectivity index (χ4v) is 8.51. The molecule has 53 heavy (non-hydrogen) atoms. The van der Waals surface area contributed by atoms with Gasteiger partial charge in [-0.2, -0.15) is 0 Å². The van der Waals surface area contributed by atoms with Gasteiger partial charge in [0.05, 0.1) is 11.2 Å². The molecule has 0 bridgehead atoms. The highest BCUT2D eigenvalue weighted by Gasteiger charge is 2.38. The average molecular weight is 682 g/mol. The third kappa shape index (κ3) is 4.33. The highest BCUT2D eigenvalue weighted by molar-refractivity contribution is 6.12. The Morgan fingerprint density at radius 1 is 0.528 bits per heavy atom. The van der Waals surface area contributed by atoms with Gasteiger partial charge in [0.15, 0.2) is 23.1 Å². The van der Waals surface area contributed by atoms with Crippen molar-refractivity contribution in [1.82, 2.24) is 24.5 Å². The van der Waals surface area contributed by atoms with Gasteiger partial charge in [0.2, 0.25) is 0 Å². The molecule has 0 spiro atoms. The van der Waals surface area contributed by atoms with Crippen molar-refractivity contribution >= 4 is 43.9 Å². The Labute approximate surface area is 305 Å². The minimum Gasteiger partial charge on any atom is -0.454 e. The minimum absolute atomic E-state index is 0.223. The lowest BCUT2D eigenvalue weighted by molar-refractivity contribution is 0.661. The van der Waals surface area contributed by atoms with Gasteiger partial charge in [-0.05, 0) is 58.7 Å². The number of furan rings is 1. The van der Waals surface area contributed by atoms with Gasteiger partial charge in [-0.25, -0.2) is 19.9 Å². The molecule has 11 rings (SSSR count). The molecule has 0 saturated carbocycles. The minimum atomic E-state index is -0.223. The summed E-state index contributed by atoms with van der Waals surface area (Å²) < 4.78 is 9.01. The Bertz CT molecular complexity index is 3050. The second-order valence-electron chi connectivity index (χ2n) is 14.3. The van der Waals surface area contributed by atoms with Crippen molar-refractivity contribution in [3.05, 3.63) is 163 Å². The van der Waals surface area contributed by atoms with Gasteiger partial charge in [0.1, 0.15) is 11.2 Å². The van der Waals surface area contributed by atoms with Crippen LogP contribution in [0.3, 0.4) is 0 Å². The van der Waals surface area contributed by atoms with Gasteiger partial charge in [-0.15, -0.1) is 0 Å². The topological polar surface area (TPSA) is 69.6 Å². The third-order valence-electron chi connectivity index (χ3n) is 10.9. The van der Waals surface area contributed by atoms with E-state index in [1.165, 1.54) is 22.3 Å². The largest absolute Gasteiger partial charge is 0.454 e. The second kappa shape index (κ2) is 11.0. The van der Waals surface area contributed by atoms with E-state index < -0.39 is 0 Å². The molecule has 0 radical (unpaired) electrons. The molecule has 0 N–H and O–H groups in total. The first-order valence-corrected chi connectivity index (χ1v) is 17.9. The van der Waals surface area contributed by atoms with Gasteiger partial charge in [-0.1, -0.05) is 123 Å². The van der Waals surface area contributed by atoms with Crippen LogP contribution in [0.1, 0.15) is 25.0 Å². The SMILES string of the molecule is CC1(C)c2ccccc2-c2cccc(-c3nc(-c4ccccc4)nc(-c4ccc5c(c4)oc4c(-n6c7ccccc7c7cccnc76)cccc45)n3)c21. The van der Waals surface area contributed by atoms with Crippen LogP contribution < -0.4 is 0 Å². The van der Waals surface area contributed by atoms with Crippen LogP contribution >= 0.6 is 0 Å². The molecule has 0 saturated heterocycles. The van der Waals surface area contributed by atoms with Crippen LogP contribution in [0.4, 0.5) is 0 Å². The molecular formula is C47H31N5O. The average Bonchev–Trinajstić information content (AvgIpc) is 3.83. The maximum atomic E-state index is 6.80. The van der Waals surface area contributed by atoms with Crippen LogP contribution in [0.15, 0.2) is 156 Å². The van der Waals surface area contributed by atoms with E-state index in [4.69, 9.17) is 24.4 Å². The van der Waals surface area contributed by atoms with E-state index in [0.29, 0.717) is 17.5 Å². The van der Waals surface area contributed by atoms with Crippen LogP contribution in [0.25, 0.3) is 94.9 Å². The summed E-state index contributed by atoms with van der Waals surface area (Å²) in [6.07, 6.45) is 1.85. The van der Waals surface area contributed by atoms with E-state index in [1.54, 1.807) is 0 Å². The molecule has 0 aliphatic heterocycles. The number of hydrogen-bond acceptors (Lipinski definition) is 5. The first-order chi connectivity index (χ1) is 26.0. The number of nitrogens with zero attached hydrogens (tertiary/aromatic N) is 5. The van der Waals surface area contributed by atoms with Crippen molar-refractivity contribution in [3.8, 4) is 51.0 Å². The molecule has 1 aliphatic carbocycles. The molecule has 4 aromatic heterocycles. The Hall–Kier alpha value is -6.92. The Balaban J connectivity index is 1.11. The molecule has 6 aromatic carbocycles. The standard InChI is InChI=1S/C47H31N5O/c1-47(2)37-21-8-6-15-30(37)33-17-10-19-36(41(33)47)45-50-43(28-13-4-3-5-14-28)49-44(51-45)29-24-25-32-34-18-11-23-39(42(34)53-40(32)27-29)52-38-22-9-7-16-31(38)35-20-12-26-48-46(35)52/h3-27H,1-2H3. The number of rotatable bonds is 4. The predicted molar refractivity (Wildman–Crippen MR) is 213 cm³/mol. The van der Waals surface area contributed by atoms with Crippen molar-refractivity contribution < 1.29 is 4.42 Å². The lowest BCUT2D eigenvalue weighted by atomic mass is 9.80. The summed E-state index contributed by atoms with van der Waals surface area (Å²) in [5.74, 6) is 1.87. The van der Waals surface area contributed by atoms with E-state index in [2.05, 4.69) is 128 Å². The van der Waals surface area contributed by atoms with Crippen molar-refractivity contribution in [2.45, 2.75) is 19.3 Å². The van der Waals surface area contributed by atoms with Gasteiger partial charge >= 0.3 is 0 Å². The van der Waals surface area contributed by atoms with Crippen LogP contribution in [0.5, 0.6) is 0 Å². The van der Waals surface area contributed by atoms with Crippen molar-refractivity contribution in [2.24, 2.45) is 0 Å².